The fraction of sp³-hybridized carbons (Fsp3) is 0.435. The van der Waals surface area contributed by atoms with Gasteiger partial charge in [-0.3, -0.25) is 4.98 Å². The van der Waals surface area contributed by atoms with E-state index < -0.39 is 11.7 Å². The molecule has 0 N–H and O–H groups in total. The first-order valence-corrected chi connectivity index (χ1v) is 11.4. The molecule has 2 aromatic rings. The first kappa shape index (κ1) is 23.5. The molecular weight excluding hydrogens is 423 g/mol. The maximum atomic E-state index is 13.7. The summed E-state index contributed by atoms with van der Waals surface area (Å²) < 4.78 is 46.6. The van der Waals surface area contributed by atoms with E-state index in [1.165, 1.54) is 12.1 Å². The maximum Gasteiger partial charge on any atom is 0.420 e. The number of unbranched alkanes of at least 4 members (excludes halogenated alkanes) is 2. The van der Waals surface area contributed by atoms with Crippen LogP contribution in [0, 0.1) is 0 Å². The molecule has 1 aromatic heterocycles. The highest BCUT2D eigenvalue weighted by atomic mass is 32.2. The number of benzene rings is 1. The quantitative estimate of drug-likeness (QED) is 0.421. The molecule has 0 radical (unpaired) electrons. The van der Waals surface area contributed by atoms with Crippen LogP contribution in [0.5, 0.6) is 5.75 Å². The number of aromatic nitrogens is 1. The van der Waals surface area contributed by atoms with E-state index in [2.05, 4.69) is 4.98 Å². The number of ether oxygens (including phenoxy) is 1. The second kappa shape index (κ2) is 10.4. The molecule has 0 amide bonds. The van der Waals surface area contributed by atoms with Gasteiger partial charge in [0.2, 0.25) is 0 Å². The minimum atomic E-state index is -4.48. The maximum absolute atomic E-state index is 13.7. The van der Waals surface area contributed by atoms with Crippen LogP contribution in [0.15, 0.2) is 41.9 Å². The number of hydrogen-bond acceptors (Lipinski definition) is 5. The molecule has 0 spiro atoms. The Morgan fingerprint density at radius 1 is 1.16 bits per heavy atom. The predicted octanol–water partition coefficient (Wildman–Crippen LogP) is 6.24. The second-order valence-electron chi connectivity index (χ2n) is 7.74. The van der Waals surface area contributed by atoms with Gasteiger partial charge in [0.15, 0.2) is 0 Å². The van der Waals surface area contributed by atoms with E-state index in [0.717, 1.165) is 42.8 Å². The molecule has 8 heteroatoms. The third-order valence-corrected chi connectivity index (χ3v) is 5.67. The van der Waals surface area contributed by atoms with Crippen LogP contribution >= 0.6 is 11.8 Å². The van der Waals surface area contributed by atoms with Crippen LogP contribution in [0.4, 0.5) is 18.9 Å². The number of halogens is 3. The summed E-state index contributed by atoms with van der Waals surface area (Å²) in [7, 11) is 3.95. The molecule has 3 rings (SSSR count). The summed E-state index contributed by atoms with van der Waals surface area (Å²) in [5, 5.41) is 1.96. The molecule has 2 heterocycles. The Morgan fingerprint density at radius 3 is 2.61 bits per heavy atom. The van der Waals surface area contributed by atoms with Crippen LogP contribution in [-0.2, 0) is 12.7 Å². The van der Waals surface area contributed by atoms with Gasteiger partial charge in [-0.15, -0.1) is 11.8 Å². The molecule has 0 atom stereocenters. The number of alkyl halides is 3. The van der Waals surface area contributed by atoms with Crippen molar-refractivity contribution in [2.24, 2.45) is 0 Å². The Morgan fingerprint density at radius 2 is 1.97 bits per heavy atom. The van der Waals surface area contributed by atoms with E-state index >= 15 is 0 Å². The third kappa shape index (κ3) is 6.17. The summed E-state index contributed by atoms with van der Waals surface area (Å²) >= 11 is 1.55. The van der Waals surface area contributed by atoms with Crippen molar-refractivity contribution in [3.05, 3.63) is 58.8 Å². The fourth-order valence-electron chi connectivity index (χ4n) is 3.32. The normalized spacial score (nSPS) is 14.3. The summed E-state index contributed by atoms with van der Waals surface area (Å²) in [6.07, 6.45) is -0.0508. The van der Waals surface area contributed by atoms with Gasteiger partial charge in [-0.05, 0) is 56.3 Å². The molecule has 1 aliphatic heterocycles. The van der Waals surface area contributed by atoms with Crippen molar-refractivity contribution in [3.63, 3.8) is 0 Å². The Labute approximate surface area is 186 Å². The summed E-state index contributed by atoms with van der Waals surface area (Å²) in [6, 6.07) is 8.22. The molecule has 1 aromatic carbocycles. The molecule has 0 bridgehead atoms. The molecular formula is C23H28F3N3OS. The van der Waals surface area contributed by atoms with Gasteiger partial charge in [-0.1, -0.05) is 19.8 Å². The van der Waals surface area contributed by atoms with Gasteiger partial charge in [0, 0.05) is 24.0 Å². The number of hydrogen-bond donors (Lipinski definition) is 0. The van der Waals surface area contributed by atoms with Crippen molar-refractivity contribution in [1.29, 1.82) is 0 Å². The highest BCUT2D eigenvalue weighted by Gasteiger charge is 2.35. The second-order valence-corrected chi connectivity index (χ2v) is 8.56. The van der Waals surface area contributed by atoms with Crippen molar-refractivity contribution in [3.8, 4) is 5.75 Å². The number of nitrogens with zero attached hydrogens (tertiary/aromatic N) is 3. The lowest BCUT2D eigenvalue weighted by molar-refractivity contribution is -0.138. The topological polar surface area (TPSA) is 28.6 Å². The largest absolute Gasteiger partial charge is 0.493 e. The number of thioether (sulfide) groups is 1. The van der Waals surface area contributed by atoms with Crippen molar-refractivity contribution in [2.75, 3.05) is 31.5 Å². The molecule has 168 valence electrons. The third-order valence-electron chi connectivity index (χ3n) is 4.87. The van der Waals surface area contributed by atoms with Crippen LogP contribution in [0.2, 0.25) is 0 Å². The Hall–Kier alpha value is -2.19. The van der Waals surface area contributed by atoms with Gasteiger partial charge in [-0.25, -0.2) is 0 Å². The first-order valence-electron chi connectivity index (χ1n) is 10.3. The molecule has 0 aliphatic carbocycles. The van der Waals surface area contributed by atoms with Crippen molar-refractivity contribution < 1.29 is 17.9 Å². The van der Waals surface area contributed by atoms with Gasteiger partial charge in [0.25, 0.3) is 0 Å². The van der Waals surface area contributed by atoms with Crippen molar-refractivity contribution in [2.45, 2.75) is 38.9 Å². The van der Waals surface area contributed by atoms with Gasteiger partial charge in [0.1, 0.15) is 5.75 Å². The van der Waals surface area contributed by atoms with Crippen LogP contribution in [-0.4, -0.2) is 36.5 Å². The van der Waals surface area contributed by atoms with Gasteiger partial charge in [0.05, 0.1) is 29.4 Å². The summed E-state index contributed by atoms with van der Waals surface area (Å²) in [6.45, 7) is 3.05. The highest BCUT2D eigenvalue weighted by Crippen LogP contribution is 2.42. The van der Waals surface area contributed by atoms with Crippen LogP contribution in [0.1, 0.15) is 43.0 Å². The lowest BCUT2D eigenvalue weighted by Gasteiger charge is -2.24. The zero-order chi connectivity index (χ0) is 22.4. The van der Waals surface area contributed by atoms with Gasteiger partial charge >= 0.3 is 6.18 Å². The van der Waals surface area contributed by atoms with E-state index in [1.807, 2.05) is 48.4 Å². The number of rotatable bonds is 9. The van der Waals surface area contributed by atoms with E-state index in [0.29, 0.717) is 11.6 Å². The number of pyridine rings is 1. The number of anilines is 1. The van der Waals surface area contributed by atoms with Crippen LogP contribution in [0.25, 0.3) is 5.70 Å². The molecule has 0 unspecified atom stereocenters. The average molecular weight is 452 g/mol. The average Bonchev–Trinajstić information content (AvgIpc) is 3.20. The molecule has 31 heavy (non-hydrogen) atoms. The standard InChI is InChI=1S/C23H28F3N3OS/c1-4-5-6-11-30-22-10-9-19(12-20(22)23(24,25)26)29-16-31-15-21(29)17-7-8-18(27-13-17)14-28(2)3/h7-10,12-13,15H,4-6,11,14,16H2,1-3H3. The zero-order valence-corrected chi connectivity index (χ0v) is 18.9. The summed E-state index contributed by atoms with van der Waals surface area (Å²) in [5.41, 5.74) is 2.41. The predicted molar refractivity (Wildman–Crippen MR) is 121 cm³/mol. The van der Waals surface area contributed by atoms with Crippen molar-refractivity contribution >= 4 is 23.1 Å². The monoisotopic (exact) mass is 451 g/mol. The molecule has 4 nitrogen and oxygen atoms in total. The van der Waals surface area contributed by atoms with E-state index in [4.69, 9.17) is 4.74 Å². The Balaban J connectivity index is 1.83. The fourth-order valence-corrected chi connectivity index (χ4v) is 4.26. The molecule has 1 aliphatic rings. The lowest BCUT2D eigenvalue weighted by Crippen LogP contribution is -2.19. The minimum absolute atomic E-state index is 0.112. The molecule has 0 saturated heterocycles. The summed E-state index contributed by atoms with van der Waals surface area (Å²) in [5.74, 6) is 0.433. The van der Waals surface area contributed by atoms with E-state index in [-0.39, 0.29) is 12.4 Å². The van der Waals surface area contributed by atoms with Crippen LogP contribution in [0.3, 0.4) is 0 Å². The zero-order valence-electron chi connectivity index (χ0n) is 18.1. The van der Waals surface area contributed by atoms with E-state index in [1.54, 1.807) is 24.0 Å². The highest BCUT2D eigenvalue weighted by molar-refractivity contribution is 8.02. The van der Waals surface area contributed by atoms with Crippen molar-refractivity contribution in [1.82, 2.24) is 9.88 Å². The molecule has 0 fully saturated rings. The minimum Gasteiger partial charge on any atom is -0.493 e. The Bertz CT molecular complexity index is 898. The SMILES string of the molecule is CCCCCOc1ccc(N2CSC=C2c2ccc(CN(C)C)nc2)cc1C(F)(F)F. The molecule has 0 saturated carbocycles. The smallest absolute Gasteiger partial charge is 0.420 e. The Kier molecular flexibility index (Phi) is 7.89. The first-order chi connectivity index (χ1) is 14.8. The van der Waals surface area contributed by atoms with Gasteiger partial charge < -0.3 is 14.5 Å². The van der Waals surface area contributed by atoms with Crippen LogP contribution < -0.4 is 9.64 Å². The van der Waals surface area contributed by atoms with E-state index in [9.17, 15) is 13.2 Å². The van der Waals surface area contributed by atoms with Gasteiger partial charge in [-0.2, -0.15) is 13.2 Å². The summed E-state index contributed by atoms with van der Waals surface area (Å²) in [4.78, 5) is 8.40. The lowest BCUT2D eigenvalue weighted by atomic mass is 10.1.